The van der Waals surface area contributed by atoms with Crippen molar-refractivity contribution >= 4 is 15.7 Å². The number of benzene rings is 1. The molecule has 1 saturated heterocycles. The van der Waals surface area contributed by atoms with Gasteiger partial charge in [-0.25, -0.2) is 8.42 Å². The van der Waals surface area contributed by atoms with Crippen LogP contribution in [-0.4, -0.2) is 44.2 Å². The van der Waals surface area contributed by atoms with E-state index in [1.807, 2.05) is 24.3 Å². The van der Waals surface area contributed by atoms with Crippen molar-refractivity contribution in [3.8, 4) is 5.75 Å². The van der Waals surface area contributed by atoms with E-state index in [2.05, 4.69) is 6.92 Å². The van der Waals surface area contributed by atoms with Crippen LogP contribution >= 0.6 is 0 Å². The number of nitrogens with zero attached hydrogens (tertiary/aromatic N) is 1. The van der Waals surface area contributed by atoms with Gasteiger partial charge in [-0.15, -0.1) is 0 Å². The van der Waals surface area contributed by atoms with Crippen LogP contribution in [-0.2, 0) is 26.8 Å². The predicted octanol–water partition coefficient (Wildman–Crippen LogP) is 3.61. The van der Waals surface area contributed by atoms with Gasteiger partial charge in [0.2, 0.25) is 5.91 Å². The maximum absolute atomic E-state index is 12.6. The van der Waals surface area contributed by atoms with Crippen molar-refractivity contribution in [3.05, 3.63) is 54.0 Å². The highest BCUT2D eigenvalue weighted by Gasteiger charge is 2.32. The largest absolute Gasteiger partial charge is 0.494 e. The fourth-order valence-electron chi connectivity index (χ4n) is 3.56. The minimum atomic E-state index is -3.27. The van der Waals surface area contributed by atoms with Crippen LogP contribution in [0.2, 0.25) is 0 Å². The van der Waals surface area contributed by atoms with Crippen molar-refractivity contribution < 1.29 is 22.4 Å². The SMILES string of the molecule is CCCOc1ccc(CCC(=O)N2CCC(S(=O)(=O)Cc3ccco3)CC2)cc1. The van der Waals surface area contributed by atoms with Crippen molar-refractivity contribution in [1.82, 2.24) is 4.90 Å². The summed E-state index contributed by atoms with van der Waals surface area (Å²) in [6, 6.07) is 11.2. The fraction of sp³-hybridized carbons (Fsp3) is 0.500. The van der Waals surface area contributed by atoms with Crippen molar-refractivity contribution in [3.63, 3.8) is 0 Å². The molecule has 0 radical (unpaired) electrons. The van der Waals surface area contributed by atoms with Gasteiger partial charge in [-0.1, -0.05) is 19.1 Å². The van der Waals surface area contributed by atoms with Crippen LogP contribution in [0.5, 0.6) is 5.75 Å². The first kappa shape index (κ1) is 21.4. The first-order valence-electron chi connectivity index (χ1n) is 10.2. The highest BCUT2D eigenvalue weighted by Crippen LogP contribution is 2.22. The molecule has 2 heterocycles. The summed E-state index contributed by atoms with van der Waals surface area (Å²) in [6.45, 7) is 3.75. The molecule has 0 unspecified atom stereocenters. The number of rotatable bonds is 9. The molecule has 158 valence electrons. The lowest BCUT2D eigenvalue weighted by Gasteiger charge is -2.31. The minimum Gasteiger partial charge on any atom is -0.494 e. The second-order valence-electron chi connectivity index (χ2n) is 7.46. The van der Waals surface area contributed by atoms with Crippen LogP contribution in [0.3, 0.4) is 0 Å². The van der Waals surface area contributed by atoms with E-state index < -0.39 is 15.1 Å². The molecule has 0 saturated carbocycles. The van der Waals surface area contributed by atoms with E-state index in [9.17, 15) is 13.2 Å². The Morgan fingerprint density at radius 1 is 1.17 bits per heavy atom. The predicted molar refractivity (Wildman–Crippen MR) is 111 cm³/mol. The lowest BCUT2D eigenvalue weighted by molar-refractivity contribution is -0.132. The van der Waals surface area contributed by atoms with Gasteiger partial charge in [0.15, 0.2) is 9.84 Å². The number of ether oxygens (including phenoxy) is 1. The van der Waals surface area contributed by atoms with Crippen molar-refractivity contribution in [2.24, 2.45) is 0 Å². The lowest BCUT2D eigenvalue weighted by Crippen LogP contribution is -2.42. The molecule has 0 bridgehead atoms. The summed E-state index contributed by atoms with van der Waals surface area (Å²) in [4.78, 5) is 14.3. The molecule has 1 aliphatic heterocycles. The van der Waals surface area contributed by atoms with Gasteiger partial charge >= 0.3 is 0 Å². The molecule has 7 heteroatoms. The normalized spacial score (nSPS) is 15.4. The highest BCUT2D eigenvalue weighted by atomic mass is 32.2. The number of hydrogen-bond donors (Lipinski definition) is 0. The maximum atomic E-state index is 12.6. The monoisotopic (exact) mass is 419 g/mol. The van der Waals surface area contributed by atoms with Crippen molar-refractivity contribution in [2.75, 3.05) is 19.7 Å². The Labute approximate surface area is 172 Å². The zero-order valence-corrected chi connectivity index (χ0v) is 17.7. The van der Waals surface area contributed by atoms with Crippen LogP contribution in [0.15, 0.2) is 47.1 Å². The summed E-state index contributed by atoms with van der Waals surface area (Å²) in [5.41, 5.74) is 1.10. The lowest BCUT2D eigenvalue weighted by atomic mass is 10.1. The van der Waals surface area contributed by atoms with Crippen LogP contribution in [0.25, 0.3) is 0 Å². The summed E-state index contributed by atoms with van der Waals surface area (Å²) < 4.78 is 35.9. The number of sulfone groups is 1. The molecule has 1 fully saturated rings. The van der Waals surface area contributed by atoms with E-state index in [1.165, 1.54) is 6.26 Å². The standard InChI is InChI=1S/C22H29NO5S/c1-2-15-27-19-8-5-18(6-9-19)7-10-22(24)23-13-11-21(12-14-23)29(25,26)17-20-4-3-16-28-20/h3-6,8-9,16,21H,2,7,10-15,17H2,1H3. The summed E-state index contributed by atoms with van der Waals surface area (Å²) in [7, 11) is -3.27. The smallest absolute Gasteiger partial charge is 0.222 e. The molecule has 0 aliphatic carbocycles. The summed E-state index contributed by atoms with van der Waals surface area (Å²) >= 11 is 0. The molecule has 1 aromatic heterocycles. The maximum Gasteiger partial charge on any atom is 0.222 e. The molecule has 1 aliphatic rings. The Kier molecular flexibility index (Phi) is 7.36. The molecule has 6 nitrogen and oxygen atoms in total. The molecule has 3 rings (SSSR count). The number of likely N-dealkylation sites (tertiary alicyclic amines) is 1. The van der Waals surface area contributed by atoms with Gasteiger partial charge in [0.25, 0.3) is 0 Å². The second-order valence-corrected chi connectivity index (χ2v) is 9.74. The van der Waals surface area contributed by atoms with E-state index in [0.29, 0.717) is 51.1 Å². The Morgan fingerprint density at radius 2 is 1.90 bits per heavy atom. The van der Waals surface area contributed by atoms with E-state index in [-0.39, 0.29) is 11.7 Å². The van der Waals surface area contributed by atoms with Gasteiger partial charge < -0.3 is 14.1 Å². The molecular formula is C22H29NO5S. The van der Waals surface area contributed by atoms with Gasteiger partial charge in [-0.2, -0.15) is 0 Å². The number of aryl methyl sites for hydroxylation is 1. The summed E-state index contributed by atoms with van der Waals surface area (Å²) in [5, 5.41) is -0.410. The van der Waals surface area contributed by atoms with E-state index in [4.69, 9.17) is 9.15 Å². The second kappa shape index (κ2) is 9.96. The van der Waals surface area contributed by atoms with Crippen LogP contribution < -0.4 is 4.74 Å². The average molecular weight is 420 g/mol. The van der Waals surface area contributed by atoms with Crippen LogP contribution in [0.4, 0.5) is 0 Å². The molecule has 29 heavy (non-hydrogen) atoms. The molecule has 1 amide bonds. The fourth-order valence-corrected chi connectivity index (χ4v) is 5.28. The molecule has 0 N–H and O–H groups in total. The molecule has 0 atom stereocenters. The zero-order chi connectivity index (χ0) is 20.7. The minimum absolute atomic E-state index is 0.0728. The van der Waals surface area contributed by atoms with Crippen LogP contribution in [0.1, 0.15) is 43.9 Å². The topological polar surface area (TPSA) is 76.8 Å². The van der Waals surface area contributed by atoms with E-state index in [0.717, 1.165) is 17.7 Å². The number of piperidine rings is 1. The van der Waals surface area contributed by atoms with Gasteiger partial charge in [0.05, 0.1) is 18.1 Å². The Morgan fingerprint density at radius 3 is 2.52 bits per heavy atom. The van der Waals surface area contributed by atoms with E-state index in [1.54, 1.807) is 17.0 Å². The molecule has 0 spiro atoms. The number of carbonyl (C=O) groups is 1. The number of carbonyl (C=O) groups excluding carboxylic acids is 1. The molecule has 2 aromatic rings. The third-order valence-electron chi connectivity index (χ3n) is 5.25. The third kappa shape index (κ3) is 6.10. The first-order chi connectivity index (χ1) is 14.0. The Balaban J connectivity index is 1.44. The third-order valence-corrected chi connectivity index (χ3v) is 7.42. The van der Waals surface area contributed by atoms with Gasteiger partial charge in [-0.05, 0) is 55.5 Å². The number of hydrogen-bond acceptors (Lipinski definition) is 5. The van der Waals surface area contributed by atoms with Crippen LogP contribution in [0, 0.1) is 0 Å². The van der Waals surface area contributed by atoms with Gasteiger partial charge in [0, 0.05) is 19.5 Å². The number of furan rings is 1. The van der Waals surface area contributed by atoms with E-state index >= 15 is 0 Å². The van der Waals surface area contributed by atoms with Gasteiger partial charge in [0.1, 0.15) is 17.3 Å². The van der Waals surface area contributed by atoms with Crippen molar-refractivity contribution in [1.29, 1.82) is 0 Å². The molecular weight excluding hydrogens is 390 g/mol. The Bertz CT molecular complexity index is 866. The summed E-state index contributed by atoms with van der Waals surface area (Å²) in [6.07, 6.45) is 4.52. The zero-order valence-electron chi connectivity index (χ0n) is 16.9. The summed E-state index contributed by atoms with van der Waals surface area (Å²) in [5.74, 6) is 1.32. The van der Waals surface area contributed by atoms with Crippen molar-refractivity contribution in [2.45, 2.75) is 50.0 Å². The molecule has 1 aromatic carbocycles. The Hall–Kier alpha value is -2.28. The average Bonchev–Trinajstić information content (AvgIpc) is 3.23. The number of amides is 1. The highest BCUT2D eigenvalue weighted by molar-refractivity contribution is 7.91. The quantitative estimate of drug-likeness (QED) is 0.621. The van der Waals surface area contributed by atoms with Gasteiger partial charge in [-0.3, -0.25) is 4.79 Å². The first-order valence-corrected chi connectivity index (χ1v) is 11.9.